The first-order valence-electron chi connectivity index (χ1n) is 6.00. The summed E-state index contributed by atoms with van der Waals surface area (Å²) in [6.07, 6.45) is 2.26. The summed E-state index contributed by atoms with van der Waals surface area (Å²) in [5, 5.41) is 0. The van der Waals surface area contributed by atoms with Gasteiger partial charge in [-0.1, -0.05) is 19.4 Å². The zero-order valence-corrected chi connectivity index (χ0v) is 11.1. The molecule has 0 amide bonds. The summed E-state index contributed by atoms with van der Waals surface area (Å²) in [4.78, 5) is 13.8. The average Bonchev–Trinajstić information content (AvgIpc) is 2.34. The Kier molecular flexibility index (Phi) is 5.01. The number of carbonyl (C=O) groups is 1. The molecule has 0 aliphatic carbocycles. The Morgan fingerprint density at radius 2 is 2.12 bits per heavy atom. The van der Waals surface area contributed by atoms with Gasteiger partial charge in [0.25, 0.3) is 0 Å². The van der Waals surface area contributed by atoms with Gasteiger partial charge in [-0.3, -0.25) is 4.79 Å². The van der Waals surface area contributed by atoms with E-state index in [0.29, 0.717) is 11.3 Å². The Balaban J connectivity index is 3.09. The molecule has 0 aliphatic heterocycles. The van der Waals surface area contributed by atoms with E-state index in [2.05, 4.69) is 11.8 Å². The zero-order chi connectivity index (χ0) is 12.8. The summed E-state index contributed by atoms with van der Waals surface area (Å²) in [5.41, 5.74) is 1.62. The minimum absolute atomic E-state index is 0.0424. The molecule has 0 aromatic heterocycles. The molecule has 0 spiro atoms. The molecule has 0 fully saturated rings. The molecule has 3 nitrogen and oxygen atoms in total. The van der Waals surface area contributed by atoms with Crippen molar-refractivity contribution >= 4 is 11.5 Å². The number of ketones is 1. The molecule has 0 atom stereocenters. The monoisotopic (exact) mass is 235 g/mol. The second kappa shape index (κ2) is 6.28. The standard InChI is InChI=1S/C14H21NO2/c1-5-6-10-15(3)12-8-7-9-13(17-4)14(12)11(2)16/h7-9H,5-6,10H2,1-4H3. The Labute approximate surface area is 103 Å². The van der Waals surface area contributed by atoms with E-state index in [-0.39, 0.29) is 5.78 Å². The minimum atomic E-state index is 0.0424. The van der Waals surface area contributed by atoms with Gasteiger partial charge in [0, 0.05) is 13.6 Å². The average molecular weight is 235 g/mol. The molecule has 0 bridgehead atoms. The van der Waals surface area contributed by atoms with Crippen molar-refractivity contribution in [1.82, 2.24) is 0 Å². The molecule has 0 saturated heterocycles. The van der Waals surface area contributed by atoms with Gasteiger partial charge in [0.1, 0.15) is 5.75 Å². The van der Waals surface area contributed by atoms with Crippen LogP contribution in [0, 0.1) is 0 Å². The Morgan fingerprint density at radius 3 is 2.65 bits per heavy atom. The first-order chi connectivity index (χ1) is 8.11. The molecular weight excluding hydrogens is 214 g/mol. The van der Waals surface area contributed by atoms with Gasteiger partial charge in [-0.25, -0.2) is 0 Å². The molecule has 3 heteroatoms. The van der Waals surface area contributed by atoms with E-state index in [1.807, 2.05) is 25.2 Å². The third-order valence-corrected chi connectivity index (χ3v) is 2.83. The topological polar surface area (TPSA) is 29.5 Å². The Bertz CT molecular complexity index is 388. The van der Waals surface area contributed by atoms with Gasteiger partial charge in [0.15, 0.2) is 5.78 Å². The van der Waals surface area contributed by atoms with Crippen LogP contribution in [0.3, 0.4) is 0 Å². The van der Waals surface area contributed by atoms with Crippen LogP contribution in [0.4, 0.5) is 5.69 Å². The molecule has 1 aromatic rings. The predicted molar refractivity (Wildman–Crippen MR) is 71.2 cm³/mol. The maximum absolute atomic E-state index is 11.7. The van der Waals surface area contributed by atoms with Gasteiger partial charge in [0.2, 0.25) is 0 Å². The number of anilines is 1. The second-order valence-electron chi connectivity index (χ2n) is 4.19. The normalized spacial score (nSPS) is 10.1. The van der Waals surface area contributed by atoms with Crippen LogP contribution >= 0.6 is 0 Å². The number of unbranched alkanes of at least 4 members (excludes halogenated alkanes) is 1. The highest BCUT2D eigenvalue weighted by Gasteiger charge is 2.15. The number of carbonyl (C=O) groups excluding carboxylic acids is 1. The number of Topliss-reactive ketones (excluding diaryl/α,β-unsaturated/α-hetero) is 1. The van der Waals surface area contributed by atoms with Crippen LogP contribution in [0.25, 0.3) is 0 Å². The summed E-state index contributed by atoms with van der Waals surface area (Å²) >= 11 is 0. The number of benzene rings is 1. The van der Waals surface area contributed by atoms with Gasteiger partial charge >= 0.3 is 0 Å². The third-order valence-electron chi connectivity index (χ3n) is 2.83. The molecule has 0 saturated carbocycles. The van der Waals surface area contributed by atoms with Crippen LogP contribution in [0.15, 0.2) is 18.2 Å². The van der Waals surface area contributed by atoms with E-state index in [0.717, 1.165) is 25.1 Å². The van der Waals surface area contributed by atoms with Crippen molar-refractivity contribution < 1.29 is 9.53 Å². The lowest BCUT2D eigenvalue weighted by atomic mass is 10.1. The van der Waals surface area contributed by atoms with E-state index in [1.165, 1.54) is 0 Å². The molecule has 0 N–H and O–H groups in total. The van der Waals surface area contributed by atoms with Crippen LogP contribution < -0.4 is 9.64 Å². The van der Waals surface area contributed by atoms with Crippen molar-refractivity contribution in [3.05, 3.63) is 23.8 Å². The number of nitrogens with zero attached hydrogens (tertiary/aromatic N) is 1. The van der Waals surface area contributed by atoms with Gasteiger partial charge in [0.05, 0.1) is 18.4 Å². The van der Waals surface area contributed by atoms with Gasteiger partial charge in [-0.15, -0.1) is 0 Å². The van der Waals surface area contributed by atoms with Crippen molar-refractivity contribution in [1.29, 1.82) is 0 Å². The van der Waals surface area contributed by atoms with Crippen molar-refractivity contribution in [2.24, 2.45) is 0 Å². The van der Waals surface area contributed by atoms with Crippen molar-refractivity contribution in [3.63, 3.8) is 0 Å². The number of ether oxygens (including phenoxy) is 1. The summed E-state index contributed by atoms with van der Waals surface area (Å²) in [5.74, 6) is 0.694. The smallest absolute Gasteiger partial charge is 0.165 e. The first kappa shape index (κ1) is 13.6. The molecule has 0 heterocycles. The summed E-state index contributed by atoms with van der Waals surface area (Å²) in [7, 11) is 3.61. The molecule has 0 aliphatic rings. The number of methoxy groups -OCH3 is 1. The van der Waals surface area contributed by atoms with E-state index < -0.39 is 0 Å². The molecule has 0 unspecified atom stereocenters. The fourth-order valence-electron chi connectivity index (χ4n) is 1.88. The second-order valence-corrected chi connectivity index (χ2v) is 4.19. The maximum Gasteiger partial charge on any atom is 0.165 e. The van der Waals surface area contributed by atoms with E-state index in [1.54, 1.807) is 14.0 Å². The lowest BCUT2D eigenvalue weighted by Gasteiger charge is -2.22. The fraction of sp³-hybridized carbons (Fsp3) is 0.500. The minimum Gasteiger partial charge on any atom is -0.496 e. The molecule has 1 rings (SSSR count). The van der Waals surface area contributed by atoms with E-state index >= 15 is 0 Å². The lowest BCUT2D eigenvalue weighted by Crippen LogP contribution is -2.21. The summed E-state index contributed by atoms with van der Waals surface area (Å²) < 4.78 is 5.25. The fourth-order valence-corrected chi connectivity index (χ4v) is 1.88. The maximum atomic E-state index is 11.7. The number of hydrogen-bond donors (Lipinski definition) is 0. The van der Waals surface area contributed by atoms with Gasteiger partial charge < -0.3 is 9.64 Å². The van der Waals surface area contributed by atoms with Gasteiger partial charge in [-0.2, -0.15) is 0 Å². The highest BCUT2D eigenvalue weighted by Crippen LogP contribution is 2.29. The first-order valence-corrected chi connectivity index (χ1v) is 6.00. The molecule has 17 heavy (non-hydrogen) atoms. The Hall–Kier alpha value is -1.51. The molecule has 1 aromatic carbocycles. The predicted octanol–water partition coefficient (Wildman–Crippen LogP) is 3.13. The van der Waals surface area contributed by atoms with Crippen LogP contribution in [0.5, 0.6) is 5.75 Å². The van der Waals surface area contributed by atoms with Crippen LogP contribution in [0.2, 0.25) is 0 Å². The van der Waals surface area contributed by atoms with Crippen molar-refractivity contribution in [2.75, 3.05) is 25.6 Å². The van der Waals surface area contributed by atoms with Crippen LogP contribution in [-0.4, -0.2) is 26.5 Å². The van der Waals surface area contributed by atoms with Gasteiger partial charge in [-0.05, 0) is 25.5 Å². The van der Waals surface area contributed by atoms with Crippen molar-refractivity contribution in [3.8, 4) is 5.75 Å². The van der Waals surface area contributed by atoms with Crippen LogP contribution in [0.1, 0.15) is 37.0 Å². The molecular formula is C14H21NO2. The summed E-state index contributed by atoms with van der Waals surface area (Å²) in [6, 6.07) is 5.71. The SMILES string of the molecule is CCCCN(C)c1cccc(OC)c1C(C)=O. The summed E-state index contributed by atoms with van der Waals surface area (Å²) in [6.45, 7) is 4.68. The van der Waals surface area contributed by atoms with E-state index in [9.17, 15) is 4.79 Å². The van der Waals surface area contributed by atoms with Crippen LogP contribution in [-0.2, 0) is 0 Å². The lowest BCUT2D eigenvalue weighted by molar-refractivity contribution is 0.101. The molecule has 94 valence electrons. The largest absolute Gasteiger partial charge is 0.496 e. The Morgan fingerprint density at radius 1 is 1.41 bits per heavy atom. The highest BCUT2D eigenvalue weighted by atomic mass is 16.5. The molecule has 0 radical (unpaired) electrons. The quantitative estimate of drug-likeness (QED) is 0.709. The number of hydrogen-bond acceptors (Lipinski definition) is 3. The highest BCUT2D eigenvalue weighted by molar-refractivity contribution is 6.02. The van der Waals surface area contributed by atoms with E-state index in [4.69, 9.17) is 4.74 Å². The number of rotatable bonds is 6. The third kappa shape index (κ3) is 3.22. The van der Waals surface area contributed by atoms with Crippen molar-refractivity contribution in [2.45, 2.75) is 26.7 Å². The zero-order valence-electron chi connectivity index (χ0n) is 11.1.